The van der Waals surface area contributed by atoms with Crippen LogP contribution in [0.2, 0.25) is 0 Å². The monoisotopic (exact) mass is 290 g/mol. The number of nitrogens with zero attached hydrogens (tertiary/aromatic N) is 1. The molecule has 1 saturated heterocycles. The molecular weight excluding hydrogens is 260 g/mol. The Morgan fingerprint density at radius 3 is 2.71 bits per heavy atom. The molecule has 1 aliphatic heterocycles. The van der Waals surface area contributed by atoms with Crippen LogP contribution in [0.3, 0.4) is 0 Å². The van der Waals surface area contributed by atoms with E-state index in [2.05, 4.69) is 54.4 Å². The van der Waals surface area contributed by atoms with Crippen LogP contribution in [-0.2, 0) is 11.2 Å². The van der Waals surface area contributed by atoms with Gasteiger partial charge in [0.05, 0.1) is 6.61 Å². The Kier molecular flexibility index (Phi) is 6.68. The molecule has 2 unspecified atom stereocenters. The zero-order valence-corrected chi connectivity index (χ0v) is 13.7. The quantitative estimate of drug-likeness (QED) is 0.835. The molecule has 1 heterocycles. The number of piperazine rings is 1. The normalized spacial score (nSPS) is 23.6. The number of ether oxygens (including phenoxy) is 1. The number of nitrogens with one attached hydrogen (secondary N) is 1. The summed E-state index contributed by atoms with van der Waals surface area (Å²) >= 11 is 0. The highest BCUT2D eigenvalue weighted by atomic mass is 16.5. The molecule has 3 heteroatoms. The maximum atomic E-state index is 5.29. The summed E-state index contributed by atoms with van der Waals surface area (Å²) in [6.45, 7) is 8.71. The van der Waals surface area contributed by atoms with Crippen LogP contribution in [0.4, 0.5) is 0 Å². The lowest BCUT2D eigenvalue weighted by molar-refractivity contribution is 0.0768. The second-order valence-corrected chi connectivity index (χ2v) is 6.57. The van der Waals surface area contributed by atoms with Gasteiger partial charge in [0.15, 0.2) is 0 Å². The highest BCUT2D eigenvalue weighted by molar-refractivity contribution is 5.16. The van der Waals surface area contributed by atoms with E-state index < -0.39 is 0 Å². The topological polar surface area (TPSA) is 24.5 Å². The molecule has 2 rings (SSSR count). The summed E-state index contributed by atoms with van der Waals surface area (Å²) < 4.78 is 5.29. The maximum Gasteiger partial charge on any atom is 0.0589 e. The van der Waals surface area contributed by atoms with Crippen molar-refractivity contribution in [2.45, 2.75) is 38.8 Å². The Morgan fingerprint density at radius 2 is 2.05 bits per heavy atom. The van der Waals surface area contributed by atoms with Gasteiger partial charge >= 0.3 is 0 Å². The smallest absolute Gasteiger partial charge is 0.0589 e. The average molecular weight is 290 g/mol. The SMILES string of the molecule is COCCN1CC(Cc2ccccc2)NCC1CC(C)C. The minimum Gasteiger partial charge on any atom is -0.383 e. The molecule has 1 N–H and O–H groups in total. The molecule has 0 aliphatic carbocycles. The highest BCUT2D eigenvalue weighted by Gasteiger charge is 2.27. The molecule has 0 saturated carbocycles. The predicted octanol–water partition coefficient (Wildman–Crippen LogP) is 2.56. The van der Waals surface area contributed by atoms with E-state index in [0.717, 1.165) is 38.6 Å². The molecule has 118 valence electrons. The maximum absolute atomic E-state index is 5.29. The number of benzene rings is 1. The van der Waals surface area contributed by atoms with Crippen LogP contribution >= 0.6 is 0 Å². The van der Waals surface area contributed by atoms with Crippen molar-refractivity contribution in [3.05, 3.63) is 35.9 Å². The minimum absolute atomic E-state index is 0.549. The third-order valence-corrected chi connectivity index (χ3v) is 4.26. The van der Waals surface area contributed by atoms with Gasteiger partial charge in [0.1, 0.15) is 0 Å². The van der Waals surface area contributed by atoms with Crippen molar-refractivity contribution in [3.8, 4) is 0 Å². The van der Waals surface area contributed by atoms with E-state index in [-0.39, 0.29) is 0 Å². The van der Waals surface area contributed by atoms with E-state index in [4.69, 9.17) is 4.74 Å². The Morgan fingerprint density at radius 1 is 1.29 bits per heavy atom. The van der Waals surface area contributed by atoms with Gasteiger partial charge < -0.3 is 10.1 Å². The molecule has 0 aromatic heterocycles. The highest BCUT2D eigenvalue weighted by Crippen LogP contribution is 2.17. The molecule has 0 radical (unpaired) electrons. The first-order chi connectivity index (χ1) is 10.2. The van der Waals surface area contributed by atoms with Gasteiger partial charge in [-0.2, -0.15) is 0 Å². The summed E-state index contributed by atoms with van der Waals surface area (Å²) in [6, 6.07) is 12.0. The standard InChI is InChI=1S/C18H30N2O/c1-15(2)11-18-13-19-17(14-20(18)9-10-21-3)12-16-7-5-4-6-8-16/h4-8,15,17-19H,9-14H2,1-3H3. The number of hydrogen-bond donors (Lipinski definition) is 1. The molecule has 0 spiro atoms. The van der Waals surface area contributed by atoms with Gasteiger partial charge in [-0.1, -0.05) is 44.2 Å². The second kappa shape index (κ2) is 8.52. The van der Waals surface area contributed by atoms with E-state index in [9.17, 15) is 0 Å². The van der Waals surface area contributed by atoms with Crippen molar-refractivity contribution >= 4 is 0 Å². The van der Waals surface area contributed by atoms with Gasteiger partial charge in [-0.05, 0) is 24.3 Å². The Labute approximate surface area is 129 Å². The number of methoxy groups -OCH3 is 1. The Hall–Kier alpha value is -0.900. The Balaban J connectivity index is 1.92. The molecule has 1 aromatic rings. The number of rotatable bonds is 7. The fourth-order valence-electron chi connectivity index (χ4n) is 3.22. The molecule has 3 nitrogen and oxygen atoms in total. The van der Waals surface area contributed by atoms with Crippen LogP contribution in [0.5, 0.6) is 0 Å². The second-order valence-electron chi connectivity index (χ2n) is 6.57. The van der Waals surface area contributed by atoms with Crippen LogP contribution in [0.25, 0.3) is 0 Å². The van der Waals surface area contributed by atoms with E-state index in [1.807, 2.05) is 0 Å². The summed E-state index contributed by atoms with van der Waals surface area (Å²) in [5, 5.41) is 3.75. The van der Waals surface area contributed by atoms with Crippen molar-refractivity contribution in [1.82, 2.24) is 10.2 Å². The lowest BCUT2D eigenvalue weighted by Gasteiger charge is -2.41. The zero-order chi connectivity index (χ0) is 15.1. The van der Waals surface area contributed by atoms with Gasteiger partial charge in [-0.25, -0.2) is 0 Å². The molecule has 0 bridgehead atoms. The van der Waals surface area contributed by atoms with Crippen LogP contribution in [0.1, 0.15) is 25.8 Å². The third kappa shape index (κ3) is 5.42. The first-order valence-corrected chi connectivity index (χ1v) is 8.19. The summed E-state index contributed by atoms with van der Waals surface area (Å²) in [6.07, 6.45) is 2.37. The van der Waals surface area contributed by atoms with Gasteiger partial charge in [0.2, 0.25) is 0 Å². The van der Waals surface area contributed by atoms with Crippen LogP contribution < -0.4 is 5.32 Å². The van der Waals surface area contributed by atoms with Gasteiger partial charge in [0, 0.05) is 38.8 Å². The van der Waals surface area contributed by atoms with E-state index in [1.165, 1.54) is 12.0 Å². The molecule has 21 heavy (non-hydrogen) atoms. The fraction of sp³-hybridized carbons (Fsp3) is 0.667. The molecular formula is C18H30N2O. The van der Waals surface area contributed by atoms with Crippen molar-refractivity contribution in [2.75, 3.05) is 33.4 Å². The summed E-state index contributed by atoms with van der Waals surface area (Å²) in [7, 11) is 1.79. The summed E-state index contributed by atoms with van der Waals surface area (Å²) in [4.78, 5) is 2.62. The molecule has 1 aromatic carbocycles. The lowest BCUT2D eigenvalue weighted by atomic mass is 9.96. The van der Waals surface area contributed by atoms with Crippen molar-refractivity contribution in [3.63, 3.8) is 0 Å². The lowest BCUT2D eigenvalue weighted by Crippen LogP contribution is -2.58. The van der Waals surface area contributed by atoms with Crippen LogP contribution in [0, 0.1) is 5.92 Å². The molecule has 0 amide bonds. The minimum atomic E-state index is 0.549. The predicted molar refractivity (Wildman–Crippen MR) is 88.6 cm³/mol. The van der Waals surface area contributed by atoms with Crippen molar-refractivity contribution < 1.29 is 4.74 Å². The third-order valence-electron chi connectivity index (χ3n) is 4.26. The molecule has 2 atom stereocenters. The van der Waals surface area contributed by atoms with Crippen LogP contribution in [0.15, 0.2) is 30.3 Å². The van der Waals surface area contributed by atoms with E-state index in [0.29, 0.717) is 12.1 Å². The van der Waals surface area contributed by atoms with Gasteiger partial charge in [0.25, 0.3) is 0 Å². The van der Waals surface area contributed by atoms with Gasteiger partial charge in [-0.15, -0.1) is 0 Å². The van der Waals surface area contributed by atoms with Crippen molar-refractivity contribution in [2.24, 2.45) is 5.92 Å². The average Bonchev–Trinajstić information content (AvgIpc) is 2.48. The summed E-state index contributed by atoms with van der Waals surface area (Å²) in [5.74, 6) is 0.743. The van der Waals surface area contributed by atoms with Crippen LogP contribution in [-0.4, -0.2) is 50.3 Å². The van der Waals surface area contributed by atoms with E-state index >= 15 is 0 Å². The Bertz CT molecular complexity index is 393. The molecule has 1 aliphatic rings. The fourth-order valence-corrected chi connectivity index (χ4v) is 3.22. The number of hydrogen-bond acceptors (Lipinski definition) is 3. The molecule has 1 fully saturated rings. The van der Waals surface area contributed by atoms with E-state index in [1.54, 1.807) is 7.11 Å². The van der Waals surface area contributed by atoms with Crippen molar-refractivity contribution in [1.29, 1.82) is 0 Å². The zero-order valence-electron chi connectivity index (χ0n) is 13.7. The summed E-state index contributed by atoms with van der Waals surface area (Å²) in [5.41, 5.74) is 1.42. The first-order valence-electron chi connectivity index (χ1n) is 8.19. The first kappa shape index (κ1) is 16.5. The van der Waals surface area contributed by atoms with Gasteiger partial charge in [-0.3, -0.25) is 4.90 Å². The largest absolute Gasteiger partial charge is 0.383 e.